The topological polar surface area (TPSA) is 120 Å². The Morgan fingerprint density at radius 2 is 2.06 bits per heavy atom. The average molecular weight is 468 g/mol. The highest BCUT2D eigenvalue weighted by Gasteiger charge is 2.28. The van der Waals surface area contributed by atoms with Crippen molar-refractivity contribution in [3.05, 3.63) is 35.3 Å². The lowest BCUT2D eigenvalue weighted by atomic mass is 9.87. The molecule has 0 amide bonds. The Bertz CT molecular complexity index is 1170. The molecule has 3 aromatic rings. The molecule has 0 aliphatic heterocycles. The number of ether oxygens (including phenoxy) is 1. The van der Waals surface area contributed by atoms with Gasteiger partial charge in [0.25, 0.3) is 0 Å². The van der Waals surface area contributed by atoms with Crippen LogP contribution in [0.15, 0.2) is 18.2 Å². The largest absolute Gasteiger partial charge is 0.489 e. The molecule has 1 saturated carbocycles. The third kappa shape index (κ3) is 5.05. The number of carboxylic acid groups (broad SMARTS) is 1. The quantitative estimate of drug-likeness (QED) is 0.515. The fourth-order valence-electron chi connectivity index (χ4n) is 4.35. The SMILES string of the molecule is Cc1nc(-c2nnn(C)c2CNc2cc(C(C)C)nn2C)ccc1O[C@H]1CCC[C@H](C(=O)O)C1. The zero-order valence-corrected chi connectivity index (χ0v) is 20.4. The first-order valence-electron chi connectivity index (χ1n) is 11.8. The molecule has 1 fully saturated rings. The normalized spacial score (nSPS) is 18.3. The second-order valence-electron chi connectivity index (χ2n) is 9.32. The highest BCUT2D eigenvalue weighted by Crippen LogP contribution is 2.30. The van der Waals surface area contributed by atoms with Gasteiger partial charge in [0.15, 0.2) is 0 Å². The fraction of sp³-hybridized carbons (Fsp3) is 0.542. The van der Waals surface area contributed by atoms with Gasteiger partial charge in [0.05, 0.1) is 41.3 Å². The number of hydrogen-bond donors (Lipinski definition) is 2. The van der Waals surface area contributed by atoms with Crippen LogP contribution in [-0.2, 0) is 25.4 Å². The molecule has 0 bridgehead atoms. The van der Waals surface area contributed by atoms with Crippen LogP contribution < -0.4 is 10.1 Å². The van der Waals surface area contributed by atoms with Crippen LogP contribution >= 0.6 is 0 Å². The number of hydrogen-bond acceptors (Lipinski definition) is 7. The Hall–Kier alpha value is -3.43. The first kappa shape index (κ1) is 23.7. The molecule has 2 atom stereocenters. The van der Waals surface area contributed by atoms with Crippen molar-refractivity contribution in [1.82, 2.24) is 29.8 Å². The van der Waals surface area contributed by atoms with E-state index < -0.39 is 5.97 Å². The lowest BCUT2D eigenvalue weighted by molar-refractivity contribution is -0.143. The van der Waals surface area contributed by atoms with Crippen LogP contribution in [0.3, 0.4) is 0 Å². The summed E-state index contributed by atoms with van der Waals surface area (Å²) >= 11 is 0. The van der Waals surface area contributed by atoms with Crippen molar-refractivity contribution in [3.8, 4) is 17.1 Å². The van der Waals surface area contributed by atoms with Gasteiger partial charge in [-0.2, -0.15) is 5.10 Å². The Morgan fingerprint density at radius 1 is 1.26 bits per heavy atom. The maximum Gasteiger partial charge on any atom is 0.306 e. The Balaban J connectivity index is 1.49. The van der Waals surface area contributed by atoms with Crippen molar-refractivity contribution in [3.63, 3.8) is 0 Å². The summed E-state index contributed by atoms with van der Waals surface area (Å²) in [5.74, 6) is 0.883. The van der Waals surface area contributed by atoms with Gasteiger partial charge in [0, 0.05) is 20.2 Å². The second kappa shape index (κ2) is 9.82. The van der Waals surface area contributed by atoms with Gasteiger partial charge >= 0.3 is 5.97 Å². The van der Waals surface area contributed by atoms with Crippen LogP contribution in [0.4, 0.5) is 5.82 Å². The van der Waals surface area contributed by atoms with E-state index >= 15 is 0 Å². The third-order valence-electron chi connectivity index (χ3n) is 6.42. The number of nitrogens with one attached hydrogen (secondary N) is 1. The van der Waals surface area contributed by atoms with E-state index in [1.807, 2.05) is 37.8 Å². The number of nitrogens with zero attached hydrogens (tertiary/aromatic N) is 6. The van der Waals surface area contributed by atoms with E-state index in [0.29, 0.717) is 36.7 Å². The van der Waals surface area contributed by atoms with E-state index in [9.17, 15) is 9.90 Å². The molecule has 10 heteroatoms. The summed E-state index contributed by atoms with van der Waals surface area (Å²) in [5, 5.41) is 25.9. The van der Waals surface area contributed by atoms with Gasteiger partial charge in [0.1, 0.15) is 17.3 Å². The molecule has 34 heavy (non-hydrogen) atoms. The predicted molar refractivity (Wildman–Crippen MR) is 128 cm³/mol. The van der Waals surface area contributed by atoms with Crippen LogP contribution in [0.5, 0.6) is 5.75 Å². The van der Waals surface area contributed by atoms with Crippen molar-refractivity contribution < 1.29 is 14.6 Å². The summed E-state index contributed by atoms with van der Waals surface area (Å²) in [6.45, 7) is 6.66. The zero-order valence-electron chi connectivity index (χ0n) is 20.4. The standard InChI is InChI=1S/C24H33N7O3/c1-14(2)19-12-22(31(5)28-19)25-13-20-23(27-29-30(20)4)18-9-10-21(15(3)26-18)34-17-8-6-7-16(11-17)24(32)33/h9-10,12,14,16-17,25H,6-8,11,13H2,1-5H3,(H,32,33)/t16-,17-/m0/s1. The van der Waals surface area contributed by atoms with E-state index in [0.717, 1.165) is 41.4 Å². The molecule has 182 valence electrons. The number of carboxylic acids is 1. The van der Waals surface area contributed by atoms with Gasteiger partial charge in [-0.05, 0) is 50.7 Å². The Labute approximate surface area is 199 Å². The van der Waals surface area contributed by atoms with Crippen molar-refractivity contribution in [1.29, 1.82) is 0 Å². The monoisotopic (exact) mass is 467 g/mol. The lowest BCUT2D eigenvalue weighted by Crippen LogP contribution is -2.29. The molecule has 2 N–H and O–H groups in total. The van der Waals surface area contributed by atoms with Crippen LogP contribution in [0, 0.1) is 12.8 Å². The van der Waals surface area contributed by atoms with E-state index in [1.54, 1.807) is 4.68 Å². The van der Waals surface area contributed by atoms with Crippen molar-refractivity contribution in [2.45, 2.75) is 65.0 Å². The first-order valence-corrected chi connectivity index (χ1v) is 11.8. The molecule has 0 saturated heterocycles. The van der Waals surface area contributed by atoms with E-state index in [4.69, 9.17) is 9.72 Å². The number of aliphatic carboxylic acids is 1. The van der Waals surface area contributed by atoms with Gasteiger partial charge in [0.2, 0.25) is 0 Å². The first-order chi connectivity index (χ1) is 16.2. The van der Waals surface area contributed by atoms with Crippen molar-refractivity contribution in [2.75, 3.05) is 5.32 Å². The van der Waals surface area contributed by atoms with Crippen molar-refractivity contribution in [2.24, 2.45) is 20.0 Å². The minimum Gasteiger partial charge on any atom is -0.489 e. The third-order valence-corrected chi connectivity index (χ3v) is 6.42. The van der Waals surface area contributed by atoms with E-state index in [-0.39, 0.29) is 12.0 Å². The Kier molecular flexibility index (Phi) is 6.85. The van der Waals surface area contributed by atoms with Crippen LogP contribution in [0.2, 0.25) is 0 Å². The summed E-state index contributed by atoms with van der Waals surface area (Å²) in [4.78, 5) is 16.1. The average Bonchev–Trinajstić information content (AvgIpc) is 3.36. The van der Waals surface area contributed by atoms with E-state index in [2.05, 4.69) is 40.6 Å². The molecule has 3 aromatic heterocycles. The molecular weight excluding hydrogens is 434 g/mol. The summed E-state index contributed by atoms with van der Waals surface area (Å²) in [7, 11) is 3.79. The molecule has 10 nitrogen and oxygen atoms in total. The minimum absolute atomic E-state index is 0.105. The molecule has 0 spiro atoms. The predicted octanol–water partition coefficient (Wildman–Crippen LogP) is 3.68. The van der Waals surface area contributed by atoms with Gasteiger partial charge < -0.3 is 15.2 Å². The molecule has 0 radical (unpaired) electrons. The summed E-state index contributed by atoms with van der Waals surface area (Å²) in [5.41, 5.74) is 4.11. The van der Waals surface area contributed by atoms with Gasteiger partial charge in [-0.1, -0.05) is 19.1 Å². The molecule has 4 rings (SSSR count). The molecule has 0 aromatic carbocycles. The number of rotatable bonds is 8. The Morgan fingerprint density at radius 3 is 2.74 bits per heavy atom. The summed E-state index contributed by atoms with van der Waals surface area (Å²) < 4.78 is 9.73. The van der Waals surface area contributed by atoms with Gasteiger partial charge in [-0.25, -0.2) is 9.67 Å². The maximum absolute atomic E-state index is 11.4. The van der Waals surface area contributed by atoms with Gasteiger partial charge in [-0.3, -0.25) is 9.48 Å². The van der Waals surface area contributed by atoms with Crippen LogP contribution in [0.25, 0.3) is 11.4 Å². The number of aromatic nitrogens is 6. The van der Waals surface area contributed by atoms with E-state index in [1.165, 1.54) is 0 Å². The maximum atomic E-state index is 11.4. The molecule has 0 unspecified atom stereocenters. The minimum atomic E-state index is -0.742. The molecular formula is C24H33N7O3. The number of pyridine rings is 1. The van der Waals surface area contributed by atoms with Crippen molar-refractivity contribution >= 4 is 11.8 Å². The summed E-state index contributed by atoms with van der Waals surface area (Å²) in [6, 6.07) is 5.83. The lowest BCUT2D eigenvalue weighted by Gasteiger charge is -2.27. The number of aryl methyl sites for hydroxylation is 3. The zero-order chi connectivity index (χ0) is 24.4. The fourth-order valence-corrected chi connectivity index (χ4v) is 4.35. The number of anilines is 1. The molecule has 1 aliphatic carbocycles. The second-order valence-corrected chi connectivity index (χ2v) is 9.32. The highest BCUT2D eigenvalue weighted by molar-refractivity contribution is 5.70. The molecule has 3 heterocycles. The smallest absolute Gasteiger partial charge is 0.306 e. The summed E-state index contributed by atoms with van der Waals surface area (Å²) in [6.07, 6.45) is 2.86. The highest BCUT2D eigenvalue weighted by atomic mass is 16.5. The van der Waals surface area contributed by atoms with Crippen LogP contribution in [0.1, 0.15) is 62.5 Å². The van der Waals surface area contributed by atoms with Gasteiger partial charge in [-0.15, -0.1) is 5.10 Å². The molecule has 1 aliphatic rings. The number of carbonyl (C=O) groups is 1. The van der Waals surface area contributed by atoms with Crippen LogP contribution in [-0.4, -0.2) is 46.9 Å².